The van der Waals surface area contributed by atoms with Crippen molar-refractivity contribution in [3.63, 3.8) is 0 Å². The van der Waals surface area contributed by atoms with Gasteiger partial charge in [-0.1, -0.05) is 13.3 Å². The third kappa shape index (κ3) is 3.84. The molecular weight excluding hydrogens is 356 g/mol. The van der Waals surface area contributed by atoms with Crippen molar-refractivity contribution < 1.29 is 22.3 Å². The number of halogens is 4. The lowest BCUT2D eigenvalue weighted by atomic mass is 9.61. The van der Waals surface area contributed by atoms with E-state index in [1.165, 1.54) is 44.6 Å². The molecule has 3 aliphatic carbocycles. The smallest absolute Gasteiger partial charge is 0.387 e. The molecule has 1 aromatic carbocycles. The van der Waals surface area contributed by atoms with Gasteiger partial charge >= 0.3 is 6.61 Å². The lowest BCUT2D eigenvalue weighted by molar-refractivity contribution is -0.0548. The van der Waals surface area contributed by atoms with Crippen LogP contribution in [0.1, 0.15) is 63.0 Å². The van der Waals surface area contributed by atoms with Crippen LogP contribution in [0.2, 0.25) is 0 Å². The normalized spacial score (nSPS) is 33.5. The van der Waals surface area contributed by atoms with Gasteiger partial charge in [0.25, 0.3) is 0 Å². The van der Waals surface area contributed by atoms with Crippen LogP contribution in [0, 0.1) is 41.2 Å². The molecule has 0 spiro atoms. The summed E-state index contributed by atoms with van der Waals surface area (Å²) >= 11 is 0. The fourth-order valence-electron chi connectivity index (χ4n) is 6.04. The number of ether oxygens (including phenoxy) is 1. The second-order valence-electron chi connectivity index (χ2n) is 9.03. The van der Waals surface area contributed by atoms with Gasteiger partial charge in [-0.15, -0.1) is 0 Å². The summed E-state index contributed by atoms with van der Waals surface area (Å²) in [6, 6.07) is 1.22. The first-order valence-corrected chi connectivity index (χ1v) is 10.4. The van der Waals surface area contributed by atoms with E-state index in [0.717, 1.165) is 24.2 Å². The largest absolute Gasteiger partial charge is 0.429 e. The van der Waals surface area contributed by atoms with Gasteiger partial charge in [-0.25, -0.2) is 8.78 Å². The molecule has 0 heterocycles. The Balaban J connectivity index is 1.47. The summed E-state index contributed by atoms with van der Waals surface area (Å²) in [5, 5.41) is 0. The van der Waals surface area contributed by atoms with Gasteiger partial charge < -0.3 is 4.74 Å². The Bertz CT molecular complexity index is 689. The Morgan fingerprint density at radius 1 is 0.926 bits per heavy atom. The summed E-state index contributed by atoms with van der Waals surface area (Å²) < 4.78 is 57.5. The van der Waals surface area contributed by atoms with E-state index in [2.05, 4.69) is 11.7 Å². The van der Waals surface area contributed by atoms with E-state index in [9.17, 15) is 17.6 Å². The maximum absolute atomic E-state index is 14.5. The van der Waals surface area contributed by atoms with Crippen LogP contribution >= 0.6 is 0 Å². The van der Waals surface area contributed by atoms with Gasteiger partial charge in [0.15, 0.2) is 17.4 Å². The lowest BCUT2D eigenvalue weighted by Gasteiger charge is -2.44. The standard InChI is InChI=1S/C22H28F4O/c1-12-2-3-14-9-15(5-4-13(14)8-12)16-6-7-18-17(10-16)11-19(23)21(20(18)24)27-22(25)26/h11-16,22H,2-10H2,1H3. The Hall–Kier alpha value is -1.26. The first kappa shape index (κ1) is 19.1. The number of rotatable bonds is 3. The minimum atomic E-state index is -3.23. The molecule has 4 rings (SSSR count). The van der Waals surface area contributed by atoms with Crippen LogP contribution < -0.4 is 4.74 Å². The van der Waals surface area contributed by atoms with E-state index >= 15 is 0 Å². The van der Waals surface area contributed by atoms with Crippen LogP contribution in [0.25, 0.3) is 0 Å². The van der Waals surface area contributed by atoms with Gasteiger partial charge in [0, 0.05) is 0 Å². The molecule has 27 heavy (non-hydrogen) atoms. The minimum absolute atomic E-state index is 0.364. The van der Waals surface area contributed by atoms with E-state index in [1.54, 1.807) is 0 Å². The van der Waals surface area contributed by atoms with Gasteiger partial charge in [-0.2, -0.15) is 8.78 Å². The van der Waals surface area contributed by atoms with Crippen molar-refractivity contribution in [3.8, 4) is 5.75 Å². The van der Waals surface area contributed by atoms with Crippen molar-refractivity contribution in [3.05, 3.63) is 28.8 Å². The Labute approximate surface area is 158 Å². The Morgan fingerprint density at radius 3 is 2.33 bits per heavy atom. The molecule has 0 N–H and O–H groups in total. The van der Waals surface area contributed by atoms with Gasteiger partial charge in [-0.05, 0) is 98.1 Å². The Morgan fingerprint density at radius 2 is 1.59 bits per heavy atom. The van der Waals surface area contributed by atoms with E-state index < -0.39 is 24.0 Å². The monoisotopic (exact) mass is 384 g/mol. The molecule has 5 unspecified atom stereocenters. The van der Waals surface area contributed by atoms with Crippen molar-refractivity contribution in [2.75, 3.05) is 0 Å². The maximum Gasteiger partial charge on any atom is 0.387 e. The fraction of sp³-hybridized carbons (Fsp3) is 0.727. The van der Waals surface area contributed by atoms with E-state index in [0.29, 0.717) is 35.8 Å². The highest BCUT2D eigenvalue weighted by molar-refractivity contribution is 5.40. The van der Waals surface area contributed by atoms with Crippen molar-refractivity contribution in [1.29, 1.82) is 0 Å². The molecule has 2 saturated carbocycles. The first-order valence-electron chi connectivity index (χ1n) is 10.4. The molecule has 2 fully saturated rings. The SMILES string of the molecule is CC1CCC2CC(C3CCc4c(cc(F)c(OC(F)F)c4F)C3)CCC2C1. The molecular formula is C22H28F4O. The van der Waals surface area contributed by atoms with Crippen molar-refractivity contribution in [2.45, 2.75) is 71.3 Å². The van der Waals surface area contributed by atoms with Crippen LogP contribution in [-0.4, -0.2) is 6.61 Å². The minimum Gasteiger partial charge on any atom is -0.429 e. The fourth-order valence-corrected chi connectivity index (χ4v) is 6.04. The van der Waals surface area contributed by atoms with Crippen LogP contribution in [0.3, 0.4) is 0 Å². The van der Waals surface area contributed by atoms with Crippen LogP contribution in [0.15, 0.2) is 6.07 Å². The van der Waals surface area contributed by atoms with Crippen LogP contribution in [0.4, 0.5) is 17.6 Å². The highest BCUT2D eigenvalue weighted by atomic mass is 19.3. The average molecular weight is 384 g/mol. The molecule has 0 aromatic heterocycles. The van der Waals surface area contributed by atoms with Crippen LogP contribution in [-0.2, 0) is 12.8 Å². The number of fused-ring (bicyclic) bond motifs is 2. The zero-order valence-electron chi connectivity index (χ0n) is 15.8. The molecule has 0 amide bonds. The third-order valence-corrected chi connectivity index (χ3v) is 7.41. The summed E-state index contributed by atoms with van der Waals surface area (Å²) in [7, 11) is 0. The molecule has 5 atom stereocenters. The molecule has 0 aliphatic heterocycles. The number of hydrogen-bond acceptors (Lipinski definition) is 1. The summed E-state index contributed by atoms with van der Waals surface area (Å²) in [6.07, 6.45) is 9.72. The lowest BCUT2D eigenvalue weighted by Crippen LogP contribution is -2.34. The molecule has 5 heteroatoms. The third-order valence-electron chi connectivity index (χ3n) is 7.41. The molecule has 0 saturated heterocycles. The molecule has 0 radical (unpaired) electrons. The zero-order valence-corrected chi connectivity index (χ0v) is 15.8. The van der Waals surface area contributed by atoms with Gasteiger partial charge in [0.1, 0.15) is 0 Å². The summed E-state index contributed by atoms with van der Waals surface area (Å²) in [6.45, 7) is -0.869. The molecule has 1 aromatic rings. The quantitative estimate of drug-likeness (QED) is 0.539. The van der Waals surface area contributed by atoms with Gasteiger partial charge in [0.05, 0.1) is 0 Å². The van der Waals surface area contributed by atoms with Crippen molar-refractivity contribution >= 4 is 0 Å². The topological polar surface area (TPSA) is 9.23 Å². The maximum atomic E-state index is 14.5. The average Bonchev–Trinajstić information content (AvgIpc) is 2.64. The predicted octanol–water partition coefficient (Wildman–Crippen LogP) is 6.52. The second-order valence-corrected chi connectivity index (χ2v) is 9.03. The number of hydrogen-bond donors (Lipinski definition) is 0. The number of benzene rings is 1. The molecule has 3 aliphatic rings. The van der Waals surface area contributed by atoms with Gasteiger partial charge in [0.2, 0.25) is 0 Å². The van der Waals surface area contributed by atoms with E-state index in [4.69, 9.17) is 0 Å². The Kier molecular flexibility index (Phi) is 5.39. The van der Waals surface area contributed by atoms with Crippen molar-refractivity contribution in [1.82, 2.24) is 0 Å². The summed E-state index contributed by atoms with van der Waals surface area (Å²) in [5.74, 6) is 0.709. The van der Waals surface area contributed by atoms with E-state index in [1.807, 2.05) is 0 Å². The predicted molar refractivity (Wildman–Crippen MR) is 95.8 cm³/mol. The second kappa shape index (κ2) is 7.63. The highest BCUT2D eigenvalue weighted by Gasteiger charge is 2.38. The summed E-state index contributed by atoms with van der Waals surface area (Å²) in [4.78, 5) is 0. The highest BCUT2D eigenvalue weighted by Crippen LogP contribution is 2.48. The molecule has 0 bridgehead atoms. The van der Waals surface area contributed by atoms with Crippen LogP contribution in [0.5, 0.6) is 5.75 Å². The number of alkyl halides is 2. The van der Waals surface area contributed by atoms with E-state index in [-0.39, 0.29) is 0 Å². The molecule has 1 nitrogen and oxygen atoms in total. The molecule has 150 valence electrons. The summed E-state index contributed by atoms with van der Waals surface area (Å²) in [5.41, 5.74) is 1.01. The first-order chi connectivity index (χ1) is 12.9. The zero-order chi connectivity index (χ0) is 19.1. The van der Waals surface area contributed by atoms with Crippen molar-refractivity contribution in [2.24, 2.45) is 29.6 Å². The van der Waals surface area contributed by atoms with Gasteiger partial charge in [-0.3, -0.25) is 0 Å².